The molecule has 3 nitrogen and oxygen atoms in total. The molecular formula is C2H3N3Na2. The molecule has 0 bridgehead atoms. The topological polar surface area (TPSA) is 41.6 Å². The van der Waals surface area contributed by atoms with Crippen LogP contribution in [-0.2, 0) is 0 Å². The zero-order valence-electron chi connectivity index (χ0n) is 4.55. The fourth-order valence-corrected chi connectivity index (χ4v) is 0.167. The van der Waals surface area contributed by atoms with E-state index in [1.165, 1.54) is 12.7 Å². The second-order valence-electron chi connectivity index (χ2n) is 0.652. The van der Waals surface area contributed by atoms with Gasteiger partial charge in [0, 0.05) is 59.1 Å². The standard InChI is InChI=1S/C2H3N3.2Na/c1-3-2-5-4-1;;/h1-2H,(H,3,4,5);;. The number of hydrogen-bond acceptors (Lipinski definition) is 2. The maximum absolute atomic E-state index is 3.56. The van der Waals surface area contributed by atoms with Crippen molar-refractivity contribution >= 4 is 59.1 Å². The Morgan fingerprint density at radius 2 is 2.00 bits per heavy atom. The van der Waals surface area contributed by atoms with E-state index in [4.69, 9.17) is 0 Å². The Bertz CT molecular complexity index is 67.4. The van der Waals surface area contributed by atoms with Crippen molar-refractivity contribution in [3.63, 3.8) is 0 Å². The fourth-order valence-electron chi connectivity index (χ4n) is 0.167. The van der Waals surface area contributed by atoms with Crippen LogP contribution in [0.2, 0.25) is 0 Å². The average Bonchev–Trinajstić information content (AvgIpc) is 1.76. The summed E-state index contributed by atoms with van der Waals surface area (Å²) in [6.07, 6.45) is 2.96. The molecule has 0 amide bonds. The Morgan fingerprint density at radius 3 is 2.14 bits per heavy atom. The van der Waals surface area contributed by atoms with Gasteiger partial charge in [-0.2, -0.15) is 5.10 Å². The Labute approximate surface area is 85.9 Å². The van der Waals surface area contributed by atoms with Crippen molar-refractivity contribution in [3.8, 4) is 0 Å². The summed E-state index contributed by atoms with van der Waals surface area (Å²) in [5, 5.41) is 5.99. The third-order valence-electron chi connectivity index (χ3n) is 0.331. The molecule has 0 aliphatic carbocycles. The van der Waals surface area contributed by atoms with Gasteiger partial charge in [0.05, 0.1) is 0 Å². The number of nitrogens with zero attached hydrogens (tertiary/aromatic N) is 2. The molecule has 0 aliphatic heterocycles. The van der Waals surface area contributed by atoms with Gasteiger partial charge >= 0.3 is 0 Å². The number of nitrogens with one attached hydrogen (secondary N) is 1. The molecule has 1 N–H and O–H groups in total. The summed E-state index contributed by atoms with van der Waals surface area (Å²) < 4.78 is 0. The molecule has 1 aromatic heterocycles. The van der Waals surface area contributed by atoms with Crippen LogP contribution in [0.5, 0.6) is 0 Å². The molecule has 1 heterocycles. The smallest absolute Gasteiger partial charge is 0.137 e. The van der Waals surface area contributed by atoms with Crippen LogP contribution in [0.25, 0.3) is 0 Å². The molecule has 2 radical (unpaired) electrons. The van der Waals surface area contributed by atoms with Crippen LogP contribution in [0.15, 0.2) is 12.7 Å². The van der Waals surface area contributed by atoms with Crippen molar-refractivity contribution in [1.82, 2.24) is 15.2 Å². The Hall–Kier alpha value is 1.14. The van der Waals surface area contributed by atoms with Gasteiger partial charge in [-0.1, -0.05) is 0 Å². The minimum atomic E-state index is 0. The summed E-state index contributed by atoms with van der Waals surface area (Å²) in [5.41, 5.74) is 0. The second-order valence-corrected chi connectivity index (χ2v) is 0.652. The van der Waals surface area contributed by atoms with Gasteiger partial charge < -0.3 is 0 Å². The summed E-state index contributed by atoms with van der Waals surface area (Å²) in [5.74, 6) is 0. The molecule has 0 unspecified atom stereocenters. The molecule has 0 spiro atoms. The van der Waals surface area contributed by atoms with Crippen molar-refractivity contribution in [3.05, 3.63) is 12.7 Å². The molecular weight excluding hydrogens is 112 g/mol. The van der Waals surface area contributed by atoms with Gasteiger partial charge in [0.1, 0.15) is 12.7 Å². The zero-order valence-corrected chi connectivity index (χ0v) is 8.55. The summed E-state index contributed by atoms with van der Waals surface area (Å²) in [4.78, 5) is 3.56. The maximum Gasteiger partial charge on any atom is 0.137 e. The first-order valence-electron chi connectivity index (χ1n) is 1.29. The largest absolute Gasteiger partial charge is 0.266 e. The fraction of sp³-hybridized carbons (Fsp3) is 0. The summed E-state index contributed by atoms with van der Waals surface area (Å²) >= 11 is 0. The average molecular weight is 115 g/mol. The van der Waals surface area contributed by atoms with Crippen LogP contribution < -0.4 is 0 Å². The van der Waals surface area contributed by atoms with E-state index in [1.807, 2.05) is 0 Å². The van der Waals surface area contributed by atoms with Crippen molar-refractivity contribution in [2.24, 2.45) is 0 Å². The van der Waals surface area contributed by atoms with Crippen molar-refractivity contribution in [2.75, 3.05) is 0 Å². The minimum Gasteiger partial charge on any atom is -0.266 e. The van der Waals surface area contributed by atoms with E-state index in [1.54, 1.807) is 0 Å². The third-order valence-corrected chi connectivity index (χ3v) is 0.331. The van der Waals surface area contributed by atoms with Crippen molar-refractivity contribution in [1.29, 1.82) is 0 Å². The Balaban J connectivity index is 0. The van der Waals surface area contributed by atoms with E-state index >= 15 is 0 Å². The number of hydrogen-bond donors (Lipinski definition) is 1. The number of aromatic amines is 1. The van der Waals surface area contributed by atoms with Gasteiger partial charge in [-0.05, 0) is 0 Å². The van der Waals surface area contributed by atoms with Gasteiger partial charge in [0.2, 0.25) is 0 Å². The number of rotatable bonds is 0. The number of aromatic nitrogens is 3. The van der Waals surface area contributed by atoms with Crippen molar-refractivity contribution < 1.29 is 0 Å². The van der Waals surface area contributed by atoms with Crippen LogP contribution in [0.4, 0.5) is 0 Å². The monoisotopic (exact) mass is 115 g/mol. The Kier molecular flexibility index (Phi) is 11.2. The van der Waals surface area contributed by atoms with E-state index < -0.39 is 0 Å². The van der Waals surface area contributed by atoms with Crippen LogP contribution in [-0.4, -0.2) is 74.3 Å². The molecule has 0 saturated carbocycles. The summed E-state index contributed by atoms with van der Waals surface area (Å²) in [6, 6.07) is 0. The quantitative estimate of drug-likeness (QED) is 0.442. The zero-order chi connectivity index (χ0) is 3.54. The van der Waals surface area contributed by atoms with Gasteiger partial charge in [-0.15, -0.1) is 0 Å². The first-order chi connectivity index (χ1) is 2.50. The van der Waals surface area contributed by atoms with Gasteiger partial charge in [0.25, 0.3) is 0 Å². The maximum atomic E-state index is 3.56. The molecule has 0 aliphatic rings. The molecule has 5 heteroatoms. The number of H-pyrrole nitrogens is 1. The van der Waals surface area contributed by atoms with E-state index in [-0.39, 0.29) is 59.1 Å². The molecule has 0 saturated heterocycles. The van der Waals surface area contributed by atoms with E-state index in [0.717, 1.165) is 0 Å². The normalized spacial score (nSPS) is 5.71. The van der Waals surface area contributed by atoms with Gasteiger partial charge in [-0.25, -0.2) is 4.98 Å². The third kappa shape index (κ3) is 5.00. The molecule has 1 rings (SSSR count). The van der Waals surface area contributed by atoms with Gasteiger partial charge in [-0.3, -0.25) is 5.10 Å². The molecule has 0 aromatic carbocycles. The van der Waals surface area contributed by atoms with Crippen LogP contribution in [0.3, 0.4) is 0 Å². The van der Waals surface area contributed by atoms with E-state index in [2.05, 4.69) is 15.2 Å². The predicted molar refractivity (Wildman–Crippen MR) is 27.9 cm³/mol. The van der Waals surface area contributed by atoms with Crippen LogP contribution >= 0.6 is 0 Å². The molecule has 28 valence electrons. The van der Waals surface area contributed by atoms with E-state index in [9.17, 15) is 0 Å². The SMILES string of the molecule is [Na].[Na].c1nc[nH]n1. The first-order valence-corrected chi connectivity index (χ1v) is 1.29. The molecule has 0 fully saturated rings. The molecule has 7 heavy (non-hydrogen) atoms. The molecule has 0 atom stereocenters. The second kappa shape index (κ2) is 7.14. The van der Waals surface area contributed by atoms with Crippen LogP contribution in [0.1, 0.15) is 0 Å². The first kappa shape index (κ1) is 11.0. The molecule has 1 aromatic rings. The van der Waals surface area contributed by atoms with Gasteiger partial charge in [0.15, 0.2) is 0 Å². The predicted octanol–water partition coefficient (Wildman–Crippen LogP) is -0.957. The van der Waals surface area contributed by atoms with Crippen molar-refractivity contribution in [2.45, 2.75) is 0 Å². The minimum absolute atomic E-state index is 0. The van der Waals surface area contributed by atoms with E-state index in [0.29, 0.717) is 0 Å². The summed E-state index contributed by atoms with van der Waals surface area (Å²) in [7, 11) is 0. The van der Waals surface area contributed by atoms with Crippen LogP contribution in [0, 0.1) is 0 Å². The Morgan fingerprint density at radius 1 is 1.29 bits per heavy atom. The summed E-state index contributed by atoms with van der Waals surface area (Å²) in [6.45, 7) is 0.